The van der Waals surface area contributed by atoms with Crippen LogP contribution in [0, 0.1) is 5.41 Å². The van der Waals surface area contributed by atoms with Crippen molar-refractivity contribution >= 4 is 23.0 Å². The second-order valence-corrected chi connectivity index (χ2v) is 9.19. The topological polar surface area (TPSA) is 112 Å². The lowest BCUT2D eigenvalue weighted by atomic mass is 10.0. The Morgan fingerprint density at radius 2 is 1.97 bits per heavy atom. The highest BCUT2D eigenvalue weighted by Crippen LogP contribution is 2.30. The van der Waals surface area contributed by atoms with Gasteiger partial charge in [0.05, 0.1) is 19.3 Å². The third kappa shape index (κ3) is 7.55. The quantitative estimate of drug-likeness (QED) is 0.460. The largest absolute Gasteiger partial charge is 0.443 e. The fraction of sp³-hybridized carbons (Fsp3) is 0.619. The van der Waals surface area contributed by atoms with Gasteiger partial charge in [-0.2, -0.15) is 0 Å². The Morgan fingerprint density at radius 3 is 2.57 bits per heavy atom. The molecule has 0 saturated carbocycles. The molecular weight excluding hydrogens is 408 g/mol. The Balaban J connectivity index is 1.91. The fourth-order valence-electron chi connectivity index (χ4n) is 2.86. The van der Waals surface area contributed by atoms with Crippen LogP contribution in [0.2, 0.25) is 0 Å². The number of hydrogen-bond acceptors (Lipinski definition) is 8. The fourth-order valence-corrected chi connectivity index (χ4v) is 3.93. The molecular formula is C21H32N2O6S. The van der Waals surface area contributed by atoms with Gasteiger partial charge in [0.2, 0.25) is 0 Å². The monoisotopic (exact) mass is 440 g/mol. The molecule has 1 aromatic rings. The molecule has 1 aromatic carbocycles. The number of carbonyl (C=O) groups excluding carboxylic acids is 1. The van der Waals surface area contributed by atoms with Crippen molar-refractivity contribution in [3.8, 4) is 0 Å². The van der Waals surface area contributed by atoms with E-state index in [0.717, 1.165) is 17.3 Å². The van der Waals surface area contributed by atoms with Crippen molar-refractivity contribution in [2.45, 2.75) is 70.1 Å². The minimum absolute atomic E-state index is 0.0377. The maximum atomic E-state index is 12.3. The molecule has 0 radical (unpaired) electrons. The summed E-state index contributed by atoms with van der Waals surface area (Å²) in [6, 6.07) is 9.61. The first kappa shape index (κ1) is 24.6. The lowest BCUT2D eigenvalue weighted by Gasteiger charge is -2.37. The van der Waals surface area contributed by atoms with Crippen LogP contribution in [0.1, 0.15) is 39.7 Å². The number of aliphatic hydroxyl groups excluding tert-OH is 2. The summed E-state index contributed by atoms with van der Waals surface area (Å²) in [4.78, 5) is 13.5. The summed E-state index contributed by atoms with van der Waals surface area (Å²) in [6.07, 6.45) is -3.30. The van der Waals surface area contributed by atoms with Gasteiger partial charge in [-0.15, -0.1) is 0 Å². The Bertz CT molecular complexity index is 696. The third-order valence-corrected chi connectivity index (χ3v) is 5.36. The Hall–Kier alpha value is -1.65. The number of hydrogen-bond donors (Lipinski definition) is 3. The molecule has 1 amide bonds. The molecule has 0 aliphatic carbocycles. The normalized spacial score (nSPS) is 24.3. The first-order chi connectivity index (χ1) is 14.1. The molecule has 1 aliphatic rings. The van der Waals surface area contributed by atoms with E-state index in [2.05, 4.69) is 0 Å². The zero-order valence-corrected chi connectivity index (χ0v) is 18.7. The van der Waals surface area contributed by atoms with Crippen LogP contribution >= 0.6 is 11.8 Å². The predicted molar refractivity (Wildman–Crippen MR) is 115 cm³/mol. The van der Waals surface area contributed by atoms with Crippen LogP contribution in [0.5, 0.6) is 0 Å². The molecule has 3 N–H and O–H groups in total. The second-order valence-electron chi connectivity index (χ2n) is 8.05. The Kier molecular flexibility index (Phi) is 9.11. The summed E-state index contributed by atoms with van der Waals surface area (Å²) in [5, 5.41) is 28.7. The van der Waals surface area contributed by atoms with Crippen LogP contribution in [0.4, 0.5) is 4.79 Å². The Labute approximate surface area is 182 Å². The Morgan fingerprint density at radius 1 is 1.30 bits per heavy atom. The second kappa shape index (κ2) is 11.1. The van der Waals surface area contributed by atoms with Gasteiger partial charge in [0.25, 0.3) is 0 Å². The van der Waals surface area contributed by atoms with E-state index in [1.807, 2.05) is 30.3 Å². The van der Waals surface area contributed by atoms with E-state index in [-0.39, 0.29) is 24.7 Å². The summed E-state index contributed by atoms with van der Waals surface area (Å²) in [6.45, 7) is 7.76. The van der Waals surface area contributed by atoms with E-state index in [0.29, 0.717) is 6.61 Å². The zero-order chi connectivity index (χ0) is 22.3. The van der Waals surface area contributed by atoms with Crippen molar-refractivity contribution < 1.29 is 29.2 Å². The summed E-state index contributed by atoms with van der Waals surface area (Å²) in [5.41, 5.74) is -0.275. The number of nitrogens with one attached hydrogen (secondary N) is 1. The minimum Gasteiger partial charge on any atom is -0.443 e. The van der Waals surface area contributed by atoms with Gasteiger partial charge in [0, 0.05) is 13.0 Å². The number of carbonyl (C=O) groups is 1. The first-order valence-electron chi connectivity index (χ1n) is 9.99. The molecule has 0 aromatic heterocycles. The molecule has 2 rings (SSSR count). The number of aliphatic hydroxyl groups is 2. The first-order valence-corrected chi connectivity index (χ1v) is 10.9. The van der Waals surface area contributed by atoms with E-state index >= 15 is 0 Å². The molecule has 9 heteroatoms. The van der Waals surface area contributed by atoms with Crippen LogP contribution in [0.3, 0.4) is 0 Å². The van der Waals surface area contributed by atoms with Crippen LogP contribution in [0.15, 0.2) is 30.3 Å². The van der Waals surface area contributed by atoms with Crippen molar-refractivity contribution in [3.05, 3.63) is 35.9 Å². The van der Waals surface area contributed by atoms with Crippen LogP contribution in [0.25, 0.3) is 0 Å². The molecule has 2 unspecified atom stereocenters. The number of amides is 1. The molecule has 168 valence electrons. The van der Waals surface area contributed by atoms with E-state index in [4.69, 9.17) is 19.6 Å². The zero-order valence-electron chi connectivity index (χ0n) is 17.9. The van der Waals surface area contributed by atoms with Crippen molar-refractivity contribution in [2.24, 2.45) is 0 Å². The molecule has 8 nitrogen and oxygen atoms in total. The van der Waals surface area contributed by atoms with Gasteiger partial charge in [-0.05, 0) is 33.3 Å². The van der Waals surface area contributed by atoms with E-state index in [1.54, 1.807) is 27.7 Å². The highest BCUT2D eigenvalue weighted by molar-refractivity contribution is 8.14. The number of ether oxygens (including phenoxy) is 3. The smallest absolute Gasteiger partial charge is 0.416 e. The van der Waals surface area contributed by atoms with Crippen LogP contribution < -0.4 is 0 Å². The minimum atomic E-state index is -1.08. The van der Waals surface area contributed by atoms with Gasteiger partial charge in [-0.1, -0.05) is 42.1 Å². The molecule has 0 bridgehead atoms. The molecule has 1 aliphatic heterocycles. The number of thioether (sulfide) groups is 1. The van der Waals surface area contributed by atoms with Crippen molar-refractivity contribution in [1.82, 2.24) is 4.90 Å². The average Bonchev–Trinajstić information content (AvgIpc) is 2.65. The number of nitrogens with zero attached hydrogens (tertiary/aromatic N) is 1. The van der Waals surface area contributed by atoms with Gasteiger partial charge >= 0.3 is 6.09 Å². The molecule has 1 fully saturated rings. The van der Waals surface area contributed by atoms with Gasteiger partial charge in [-0.25, -0.2) is 4.79 Å². The molecule has 30 heavy (non-hydrogen) atoms. The van der Waals surface area contributed by atoms with Gasteiger partial charge in [-0.3, -0.25) is 10.3 Å². The standard InChI is InChI=1S/C21H32N2O6S/c1-5-23(20(26)29-21(2,3)4)19(22)30-17-11-15(24)18(25)16(28-17)13-27-12-14-9-7-6-8-10-14/h6-10,15-18,22,24-25H,5,11-13H2,1-4H3/t15?,16?,17-,18+/m1/s1. The van der Waals surface area contributed by atoms with E-state index in [1.165, 1.54) is 4.90 Å². The SMILES string of the molecule is CCN(C(=N)S[C@@H]1CC(O)[C@H](O)C(COCc2ccccc2)O1)C(=O)OC(C)(C)C. The summed E-state index contributed by atoms with van der Waals surface area (Å²) in [7, 11) is 0. The number of benzene rings is 1. The number of amidine groups is 1. The third-order valence-electron chi connectivity index (χ3n) is 4.35. The number of rotatable bonds is 6. The molecule has 1 heterocycles. The van der Waals surface area contributed by atoms with Crippen LogP contribution in [-0.2, 0) is 20.8 Å². The highest BCUT2D eigenvalue weighted by atomic mass is 32.2. The lowest BCUT2D eigenvalue weighted by Crippen LogP contribution is -2.50. The van der Waals surface area contributed by atoms with Gasteiger partial charge < -0.3 is 24.4 Å². The van der Waals surface area contributed by atoms with E-state index in [9.17, 15) is 15.0 Å². The predicted octanol–water partition coefficient (Wildman–Crippen LogP) is 2.96. The maximum Gasteiger partial charge on any atom is 0.416 e. The summed E-state index contributed by atoms with van der Waals surface area (Å²) >= 11 is 1.01. The van der Waals surface area contributed by atoms with Gasteiger partial charge in [0.1, 0.15) is 23.2 Å². The summed E-state index contributed by atoms with van der Waals surface area (Å²) in [5.74, 6) is 0. The lowest BCUT2D eigenvalue weighted by molar-refractivity contribution is -0.165. The van der Waals surface area contributed by atoms with Gasteiger partial charge in [0.15, 0.2) is 5.17 Å². The average molecular weight is 441 g/mol. The van der Waals surface area contributed by atoms with Crippen molar-refractivity contribution in [2.75, 3.05) is 13.2 Å². The molecule has 0 spiro atoms. The molecule has 4 atom stereocenters. The van der Waals surface area contributed by atoms with Crippen LogP contribution in [-0.4, -0.2) is 68.9 Å². The molecule has 1 saturated heterocycles. The highest BCUT2D eigenvalue weighted by Gasteiger charge is 2.38. The maximum absolute atomic E-state index is 12.3. The van der Waals surface area contributed by atoms with Crippen molar-refractivity contribution in [1.29, 1.82) is 5.41 Å². The summed E-state index contributed by atoms with van der Waals surface area (Å²) < 4.78 is 16.8. The van der Waals surface area contributed by atoms with Crippen molar-refractivity contribution in [3.63, 3.8) is 0 Å². The van der Waals surface area contributed by atoms with E-state index < -0.39 is 35.4 Å².